The molecule has 0 unspecified atom stereocenters. The molecule has 1 heterocycles. The minimum Gasteiger partial charge on any atom is -0.497 e. The molecule has 16 heteroatoms. The molecule has 0 aliphatic carbocycles. The molecule has 0 bridgehead atoms. The Morgan fingerprint density at radius 3 is 2.27 bits per heavy atom. The predicted molar refractivity (Wildman–Crippen MR) is 114 cm³/mol. The Balaban J connectivity index is 2.09. The Morgan fingerprint density at radius 2 is 1.67 bits per heavy atom. The zero-order chi connectivity index (χ0) is 24.7. The number of rotatable bonds is 5. The van der Waals surface area contributed by atoms with Gasteiger partial charge in [-0.3, -0.25) is 4.79 Å². The number of amides is 1. The van der Waals surface area contributed by atoms with E-state index in [1.165, 1.54) is 24.0 Å². The van der Waals surface area contributed by atoms with E-state index in [2.05, 4.69) is 10.3 Å². The molecule has 33 heavy (non-hydrogen) atoms. The van der Waals surface area contributed by atoms with Crippen molar-refractivity contribution in [1.29, 1.82) is 0 Å². The summed E-state index contributed by atoms with van der Waals surface area (Å²) in [6, 6.07) is 5.54. The summed E-state index contributed by atoms with van der Waals surface area (Å²) in [4.78, 5) is 12.0. The normalized spacial score (nSPS) is 12.0. The summed E-state index contributed by atoms with van der Waals surface area (Å²) < 4.78 is 73.4. The number of ether oxygens (including phenoxy) is 1. The molecule has 3 aromatic rings. The van der Waals surface area contributed by atoms with Gasteiger partial charge in [0.05, 0.1) is 32.9 Å². The zero-order valence-electron chi connectivity index (χ0n) is 15.9. The lowest BCUT2D eigenvalue weighted by Gasteiger charge is -2.13. The quantitative estimate of drug-likeness (QED) is 0.437. The maximum atomic E-state index is 13.8. The molecule has 8 nitrogen and oxygen atoms in total. The Hall–Kier alpha value is -2.25. The number of hydrogen-bond acceptors (Lipinski definition) is 6. The summed E-state index contributed by atoms with van der Waals surface area (Å²) in [6.45, 7) is 0. The minimum atomic E-state index is -5.21. The molecule has 0 atom stereocenters. The number of aromatic nitrogens is 3. The predicted octanol–water partition coefficient (Wildman–Crippen LogP) is 5.03. The lowest BCUT2D eigenvalue weighted by Crippen LogP contribution is -2.33. The molecule has 0 aliphatic heterocycles. The van der Waals surface area contributed by atoms with Gasteiger partial charge in [-0.1, -0.05) is 51.6 Å². The number of hydrogen-bond donors (Lipinski definition) is 1. The van der Waals surface area contributed by atoms with E-state index in [1.807, 2.05) is 0 Å². The van der Waals surface area contributed by atoms with Crippen molar-refractivity contribution in [3.63, 3.8) is 0 Å². The maximum absolute atomic E-state index is 13.8. The van der Waals surface area contributed by atoms with Crippen molar-refractivity contribution in [2.75, 3.05) is 7.11 Å². The third-order valence-electron chi connectivity index (χ3n) is 4.03. The first-order valence-corrected chi connectivity index (χ1v) is 11.3. The van der Waals surface area contributed by atoms with Gasteiger partial charge < -0.3 is 4.74 Å². The van der Waals surface area contributed by atoms with Crippen molar-refractivity contribution in [3.8, 4) is 11.4 Å². The molecule has 2 aromatic carbocycles. The van der Waals surface area contributed by atoms with Crippen LogP contribution >= 0.6 is 46.4 Å². The summed E-state index contributed by atoms with van der Waals surface area (Å²) >= 11 is 23.5. The van der Waals surface area contributed by atoms with Crippen molar-refractivity contribution in [2.24, 2.45) is 0 Å². The summed E-state index contributed by atoms with van der Waals surface area (Å²) in [7, 11) is -3.48. The van der Waals surface area contributed by atoms with Crippen molar-refractivity contribution in [3.05, 3.63) is 61.8 Å². The van der Waals surface area contributed by atoms with Crippen LogP contribution < -0.4 is 9.46 Å². The fraction of sp³-hybridized carbons (Fsp3) is 0.118. The Labute approximate surface area is 204 Å². The third-order valence-corrected chi connectivity index (χ3v) is 6.86. The highest BCUT2D eigenvalue weighted by Gasteiger charge is 2.43. The molecule has 1 amide bonds. The fourth-order valence-electron chi connectivity index (χ4n) is 2.57. The molecular formula is C17H9Cl4F3N4O4S. The lowest BCUT2D eigenvalue weighted by molar-refractivity contribution is -0.143. The van der Waals surface area contributed by atoms with E-state index in [-0.39, 0.29) is 30.5 Å². The van der Waals surface area contributed by atoms with Crippen molar-refractivity contribution >= 4 is 62.3 Å². The van der Waals surface area contributed by atoms with Gasteiger partial charge >= 0.3 is 6.18 Å². The first-order valence-electron chi connectivity index (χ1n) is 8.34. The van der Waals surface area contributed by atoms with Gasteiger partial charge in [0.2, 0.25) is 0 Å². The average Bonchev–Trinajstić information content (AvgIpc) is 3.16. The van der Waals surface area contributed by atoms with Crippen molar-refractivity contribution in [2.45, 2.75) is 11.1 Å². The van der Waals surface area contributed by atoms with Gasteiger partial charge in [0.25, 0.3) is 15.9 Å². The van der Waals surface area contributed by atoms with Gasteiger partial charge in [0.15, 0.2) is 11.4 Å². The smallest absolute Gasteiger partial charge is 0.435 e. The Morgan fingerprint density at radius 1 is 1.03 bits per heavy atom. The van der Waals surface area contributed by atoms with Crippen LogP contribution in [-0.2, 0) is 16.2 Å². The average molecular weight is 564 g/mol. The molecule has 3 rings (SSSR count). The van der Waals surface area contributed by atoms with E-state index in [4.69, 9.17) is 51.1 Å². The summed E-state index contributed by atoms with van der Waals surface area (Å²) in [5.41, 5.74) is -3.44. The summed E-state index contributed by atoms with van der Waals surface area (Å²) in [5.74, 6) is -1.65. The number of alkyl halides is 3. The maximum Gasteiger partial charge on any atom is 0.435 e. The number of halogens is 7. The van der Waals surface area contributed by atoms with E-state index >= 15 is 0 Å². The van der Waals surface area contributed by atoms with E-state index in [0.29, 0.717) is 0 Å². The van der Waals surface area contributed by atoms with Crippen LogP contribution in [0, 0.1) is 0 Å². The standard InChI is InChI=1S/C17H9Cl4F3N4O4S/c1-32-7-2-3-8(18)13(4-7)33(30,31)26-16(29)14-15(17(22,23)24)28(27-25-14)12-6-10(20)9(19)5-11(12)21/h2-6H,1H3,(H,26,29). The summed E-state index contributed by atoms with van der Waals surface area (Å²) in [5, 5.41) is 5.73. The Kier molecular flexibility index (Phi) is 7.06. The molecule has 176 valence electrons. The van der Waals surface area contributed by atoms with Gasteiger partial charge in [0, 0.05) is 6.07 Å². The molecular weight excluding hydrogens is 555 g/mol. The summed E-state index contributed by atoms with van der Waals surface area (Å²) in [6.07, 6.45) is -5.21. The van der Waals surface area contributed by atoms with Crippen LogP contribution in [0.3, 0.4) is 0 Å². The van der Waals surface area contributed by atoms with Gasteiger partial charge in [-0.05, 0) is 24.3 Å². The second-order valence-corrected chi connectivity index (χ2v) is 9.42. The Bertz CT molecular complexity index is 1360. The van der Waals surface area contributed by atoms with E-state index in [1.54, 1.807) is 0 Å². The second-order valence-electron chi connectivity index (χ2n) is 6.14. The molecule has 0 radical (unpaired) electrons. The zero-order valence-corrected chi connectivity index (χ0v) is 19.8. The van der Waals surface area contributed by atoms with Crippen LogP contribution in [0.4, 0.5) is 13.2 Å². The number of methoxy groups -OCH3 is 1. The first kappa shape index (κ1) is 25.4. The highest BCUT2D eigenvalue weighted by atomic mass is 35.5. The van der Waals surface area contributed by atoms with Crippen LogP contribution in [0.25, 0.3) is 5.69 Å². The lowest BCUT2D eigenvalue weighted by atomic mass is 10.2. The van der Waals surface area contributed by atoms with Crippen LogP contribution in [-0.4, -0.2) is 36.4 Å². The molecule has 0 saturated carbocycles. The fourth-order valence-corrected chi connectivity index (χ4v) is 4.66. The number of carbonyl (C=O) groups is 1. The highest BCUT2D eigenvalue weighted by molar-refractivity contribution is 7.90. The first-order chi connectivity index (χ1) is 15.3. The van der Waals surface area contributed by atoms with Gasteiger partial charge in [-0.15, -0.1) is 5.10 Å². The molecule has 0 fully saturated rings. The van der Waals surface area contributed by atoms with Crippen LogP contribution in [0.5, 0.6) is 5.75 Å². The molecule has 0 aliphatic rings. The van der Waals surface area contributed by atoms with E-state index in [9.17, 15) is 26.4 Å². The second kappa shape index (κ2) is 9.18. The van der Waals surface area contributed by atoms with Crippen LogP contribution in [0.1, 0.15) is 16.2 Å². The molecule has 1 aromatic heterocycles. The monoisotopic (exact) mass is 562 g/mol. The van der Waals surface area contributed by atoms with Crippen molar-refractivity contribution < 1.29 is 31.1 Å². The van der Waals surface area contributed by atoms with Crippen molar-refractivity contribution in [1.82, 2.24) is 19.7 Å². The van der Waals surface area contributed by atoms with Gasteiger partial charge in [0.1, 0.15) is 10.6 Å². The highest BCUT2D eigenvalue weighted by Crippen LogP contribution is 2.37. The van der Waals surface area contributed by atoms with E-state index < -0.39 is 44.1 Å². The molecule has 1 N–H and O–H groups in total. The largest absolute Gasteiger partial charge is 0.497 e. The topological polar surface area (TPSA) is 103 Å². The van der Waals surface area contributed by atoms with Gasteiger partial charge in [-0.25, -0.2) is 17.8 Å². The van der Waals surface area contributed by atoms with E-state index in [0.717, 1.165) is 18.2 Å². The minimum absolute atomic E-state index is 0.0432. The number of sulfonamides is 1. The third kappa shape index (κ3) is 5.14. The van der Waals surface area contributed by atoms with Crippen LogP contribution in [0.2, 0.25) is 20.1 Å². The SMILES string of the molecule is COc1ccc(Cl)c(S(=O)(=O)NC(=O)c2nnn(-c3cc(Cl)c(Cl)cc3Cl)c2C(F)(F)F)c1. The molecule has 0 saturated heterocycles. The number of carbonyl (C=O) groups excluding carboxylic acids is 1. The molecule has 0 spiro atoms. The number of nitrogens with one attached hydrogen (secondary N) is 1. The number of benzene rings is 2. The van der Waals surface area contributed by atoms with Crippen LogP contribution in [0.15, 0.2) is 35.2 Å². The number of nitrogens with zero attached hydrogens (tertiary/aromatic N) is 3. The van der Waals surface area contributed by atoms with Gasteiger partial charge in [-0.2, -0.15) is 13.2 Å².